The average molecular weight is 297 g/mol. The number of alkyl halides is 3. The molecule has 0 radical (unpaired) electrons. The molecule has 0 atom stereocenters. The van der Waals surface area contributed by atoms with Gasteiger partial charge in [0.2, 0.25) is 0 Å². The van der Waals surface area contributed by atoms with E-state index in [4.69, 9.17) is 11.6 Å². The molecule has 106 valence electrons. The molecule has 0 unspecified atom stereocenters. The van der Waals surface area contributed by atoms with Gasteiger partial charge in [-0.05, 0) is 6.07 Å². The van der Waals surface area contributed by atoms with E-state index in [1.54, 1.807) is 7.05 Å². The molecule has 0 aliphatic heterocycles. The van der Waals surface area contributed by atoms with Gasteiger partial charge in [-0.15, -0.1) is 0 Å². The van der Waals surface area contributed by atoms with E-state index in [2.05, 4.69) is 9.72 Å². The fourth-order valence-electron chi connectivity index (χ4n) is 1.33. The van der Waals surface area contributed by atoms with Crippen molar-refractivity contribution in [2.24, 2.45) is 0 Å². The van der Waals surface area contributed by atoms with Gasteiger partial charge in [0.1, 0.15) is 5.82 Å². The summed E-state index contributed by atoms with van der Waals surface area (Å²) in [5.41, 5.74) is -0.914. The van der Waals surface area contributed by atoms with Crippen molar-refractivity contribution in [1.82, 2.24) is 4.98 Å². The third-order valence-electron chi connectivity index (χ3n) is 2.39. The summed E-state index contributed by atoms with van der Waals surface area (Å²) in [5.74, 6) is -0.242. The average Bonchev–Trinajstić information content (AvgIpc) is 2.34. The molecular weight excluding hydrogens is 285 g/mol. The fourth-order valence-corrected chi connectivity index (χ4v) is 1.64. The predicted molar refractivity (Wildman–Crippen MR) is 64.2 cm³/mol. The van der Waals surface area contributed by atoms with Gasteiger partial charge >= 0.3 is 12.1 Å². The second-order valence-corrected chi connectivity index (χ2v) is 4.18. The van der Waals surface area contributed by atoms with E-state index in [9.17, 15) is 18.0 Å². The molecule has 8 heteroatoms. The van der Waals surface area contributed by atoms with Gasteiger partial charge in [-0.1, -0.05) is 11.6 Å². The molecular formula is C11H12ClF3N2O2. The molecule has 1 rings (SSSR count). The van der Waals surface area contributed by atoms with Gasteiger partial charge in [0.05, 0.1) is 24.1 Å². The first-order valence-corrected chi connectivity index (χ1v) is 5.64. The number of esters is 1. The van der Waals surface area contributed by atoms with Crippen LogP contribution in [-0.2, 0) is 15.7 Å². The quantitative estimate of drug-likeness (QED) is 0.801. The molecule has 19 heavy (non-hydrogen) atoms. The normalized spacial score (nSPS) is 11.3. The van der Waals surface area contributed by atoms with Crippen LogP contribution < -0.4 is 4.90 Å². The van der Waals surface area contributed by atoms with Gasteiger partial charge in [0, 0.05) is 19.8 Å². The number of aromatic nitrogens is 1. The van der Waals surface area contributed by atoms with Crippen LogP contribution in [0.4, 0.5) is 19.0 Å². The number of pyridine rings is 1. The third kappa shape index (κ3) is 4.27. The van der Waals surface area contributed by atoms with Gasteiger partial charge in [0.25, 0.3) is 0 Å². The molecule has 0 saturated carbocycles. The van der Waals surface area contributed by atoms with Crippen LogP contribution in [-0.4, -0.2) is 31.7 Å². The summed E-state index contributed by atoms with van der Waals surface area (Å²) < 4.78 is 41.7. The first-order valence-electron chi connectivity index (χ1n) is 5.26. The smallest absolute Gasteiger partial charge is 0.417 e. The van der Waals surface area contributed by atoms with Crippen LogP contribution in [0.1, 0.15) is 12.0 Å². The van der Waals surface area contributed by atoms with Crippen molar-refractivity contribution in [3.05, 3.63) is 22.8 Å². The van der Waals surface area contributed by atoms with E-state index in [1.807, 2.05) is 0 Å². The Hall–Kier alpha value is -1.50. The van der Waals surface area contributed by atoms with Crippen LogP contribution in [0.15, 0.2) is 12.3 Å². The summed E-state index contributed by atoms with van der Waals surface area (Å²) in [7, 11) is 2.83. The fraction of sp³-hybridized carbons (Fsp3) is 0.455. The maximum Gasteiger partial charge on any atom is 0.417 e. The van der Waals surface area contributed by atoms with Crippen LogP contribution in [0, 0.1) is 0 Å². The minimum atomic E-state index is -4.49. The highest BCUT2D eigenvalue weighted by Crippen LogP contribution is 2.33. The van der Waals surface area contributed by atoms with Crippen LogP contribution in [0.5, 0.6) is 0 Å². The molecule has 1 heterocycles. The number of nitrogens with zero attached hydrogens (tertiary/aromatic N) is 2. The lowest BCUT2D eigenvalue weighted by molar-refractivity contribution is -0.140. The molecule has 0 bridgehead atoms. The van der Waals surface area contributed by atoms with E-state index in [-0.39, 0.29) is 23.8 Å². The zero-order chi connectivity index (χ0) is 14.6. The first kappa shape index (κ1) is 15.6. The highest BCUT2D eigenvalue weighted by atomic mass is 35.5. The number of hydrogen-bond acceptors (Lipinski definition) is 4. The van der Waals surface area contributed by atoms with Crippen LogP contribution in [0.3, 0.4) is 0 Å². The van der Waals surface area contributed by atoms with E-state index in [1.165, 1.54) is 12.0 Å². The Morgan fingerprint density at radius 2 is 2.16 bits per heavy atom. The van der Waals surface area contributed by atoms with Gasteiger partial charge < -0.3 is 9.64 Å². The maximum absolute atomic E-state index is 12.4. The standard InChI is InChI=1S/C11H12ClF3N2O2/c1-17(4-3-9(18)19-2)10-8(12)5-7(6-16-10)11(13,14)15/h5-6H,3-4H2,1-2H3. The Balaban J connectivity index is 2.82. The number of methoxy groups -OCH3 is 1. The minimum absolute atomic E-state index is 0.0893. The lowest BCUT2D eigenvalue weighted by Crippen LogP contribution is -2.23. The van der Waals surface area contributed by atoms with Crippen molar-refractivity contribution in [2.75, 3.05) is 25.6 Å². The predicted octanol–water partition coefficient (Wildman–Crippen LogP) is 2.75. The van der Waals surface area contributed by atoms with Crippen LogP contribution >= 0.6 is 11.6 Å². The molecule has 0 aromatic carbocycles. The lowest BCUT2D eigenvalue weighted by Gasteiger charge is -2.19. The summed E-state index contributed by atoms with van der Waals surface area (Å²) in [6.07, 6.45) is -3.69. The molecule has 1 aromatic heterocycles. The number of ether oxygens (including phenoxy) is 1. The Bertz CT molecular complexity index is 466. The largest absolute Gasteiger partial charge is 0.469 e. The summed E-state index contributed by atoms with van der Waals surface area (Å²) in [6.45, 7) is 0.241. The molecule has 0 spiro atoms. The Morgan fingerprint density at radius 1 is 1.53 bits per heavy atom. The topological polar surface area (TPSA) is 42.4 Å². The van der Waals surface area contributed by atoms with Crippen LogP contribution in [0.2, 0.25) is 5.02 Å². The highest BCUT2D eigenvalue weighted by molar-refractivity contribution is 6.33. The van der Waals surface area contributed by atoms with E-state index in [0.717, 1.165) is 6.07 Å². The summed E-state index contributed by atoms with van der Waals surface area (Å²) in [4.78, 5) is 16.1. The van der Waals surface area contributed by atoms with Gasteiger partial charge in [-0.25, -0.2) is 4.98 Å². The van der Waals surface area contributed by atoms with Gasteiger partial charge in [0.15, 0.2) is 0 Å². The van der Waals surface area contributed by atoms with Crippen molar-refractivity contribution in [3.63, 3.8) is 0 Å². The Labute approximate surface area is 113 Å². The molecule has 0 aliphatic rings. The second-order valence-electron chi connectivity index (χ2n) is 3.77. The number of hydrogen-bond donors (Lipinski definition) is 0. The number of anilines is 1. The Morgan fingerprint density at radius 3 is 2.63 bits per heavy atom. The number of carbonyl (C=O) groups excluding carboxylic acids is 1. The monoisotopic (exact) mass is 296 g/mol. The third-order valence-corrected chi connectivity index (χ3v) is 2.67. The molecule has 0 aliphatic carbocycles. The summed E-state index contributed by atoms with van der Waals surface area (Å²) >= 11 is 5.76. The van der Waals surface area contributed by atoms with Crippen molar-refractivity contribution in [3.8, 4) is 0 Å². The van der Waals surface area contributed by atoms with E-state index < -0.39 is 17.7 Å². The van der Waals surface area contributed by atoms with Crippen molar-refractivity contribution in [1.29, 1.82) is 0 Å². The zero-order valence-electron chi connectivity index (χ0n) is 10.3. The zero-order valence-corrected chi connectivity index (χ0v) is 11.0. The first-order chi connectivity index (χ1) is 8.75. The molecule has 0 amide bonds. The van der Waals surface area contributed by atoms with E-state index >= 15 is 0 Å². The van der Waals surface area contributed by atoms with Gasteiger partial charge in [-0.3, -0.25) is 4.79 Å². The van der Waals surface area contributed by atoms with Crippen molar-refractivity contribution >= 4 is 23.4 Å². The number of carbonyl (C=O) groups is 1. The molecule has 1 aromatic rings. The van der Waals surface area contributed by atoms with E-state index in [0.29, 0.717) is 6.20 Å². The van der Waals surface area contributed by atoms with Crippen molar-refractivity contribution in [2.45, 2.75) is 12.6 Å². The SMILES string of the molecule is COC(=O)CCN(C)c1ncc(C(F)(F)F)cc1Cl. The summed E-state index contributed by atoms with van der Waals surface area (Å²) in [5, 5.41) is -0.123. The highest BCUT2D eigenvalue weighted by Gasteiger charge is 2.31. The summed E-state index contributed by atoms with van der Waals surface area (Å²) in [6, 6.07) is 0.804. The molecule has 0 fully saturated rings. The lowest BCUT2D eigenvalue weighted by atomic mass is 10.2. The maximum atomic E-state index is 12.4. The number of rotatable bonds is 4. The molecule has 4 nitrogen and oxygen atoms in total. The Kier molecular flexibility index (Phi) is 4.99. The second kappa shape index (κ2) is 6.10. The molecule has 0 N–H and O–H groups in total. The van der Waals surface area contributed by atoms with Crippen molar-refractivity contribution < 1.29 is 22.7 Å². The number of halogens is 4. The molecule has 0 saturated heterocycles. The van der Waals surface area contributed by atoms with Crippen LogP contribution in [0.25, 0.3) is 0 Å². The minimum Gasteiger partial charge on any atom is -0.469 e. The van der Waals surface area contributed by atoms with Gasteiger partial charge in [-0.2, -0.15) is 13.2 Å².